The van der Waals surface area contributed by atoms with Crippen LogP contribution in [0.3, 0.4) is 0 Å². The molecular weight excluding hydrogens is 356 g/mol. The Morgan fingerprint density at radius 1 is 1.04 bits per heavy atom. The van der Waals surface area contributed by atoms with Gasteiger partial charge in [-0.1, -0.05) is 18.2 Å². The third-order valence-corrected chi connectivity index (χ3v) is 5.33. The summed E-state index contributed by atoms with van der Waals surface area (Å²) in [5.74, 6) is 2.29. The molecule has 0 bridgehead atoms. The highest BCUT2D eigenvalue weighted by molar-refractivity contribution is 7.17. The van der Waals surface area contributed by atoms with Gasteiger partial charge in [0.05, 0.1) is 17.3 Å². The molecule has 0 radical (unpaired) electrons. The Labute approximate surface area is 162 Å². The van der Waals surface area contributed by atoms with Crippen molar-refractivity contribution in [2.45, 2.75) is 6.92 Å². The summed E-state index contributed by atoms with van der Waals surface area (Å²) in [4.78, 5) is 11.6. The van der Waals surface area contributed by atoms with E-state index in [0.29, 0.717) is 5.95 Å². The molecule has 1 N–H and O–H groups in total. The van der Waals surface area contributed by atoms with E-state index in [1.165, 1.54) is 0 Å². The number of rotatable bonds is 5. The molecule has 0 spiro atoms. The number of anilines is 4. The Morgan fingerprint density at radius 3 is 2.59 bits per heavy atom. The number of para-hydroxylation sites is 1. The first-order valence-corrected chi connectivity index (χ1v) is 9.49. The molecule has 0 amide bonds. The topological polar surface area (TPSA) is 50.3 Å². The number of methoxy groups -OCH3 is 1. The second-order valence-electron chi connectivity index (χ2n) is 6.21. The van der Waals surface area contributed by atoms with Crippen molar-refractivity contribution in [1.29, 1.82) is 0 Å². The molecule has 0 saturated carbocycles. The van der Waals surface area contributed by atoms with Gasteiger partial charge in [0.1, 0.15) is 5.75 Å². The smallest absolute Gasteiger partial charge is 0.229 e. The van der Waals surface area contributed by atoms with Gasteiger partial charge in [0.2, 0.25) is 5.95 Å². The van der Waals surface area contributed by atoms with E-state index in [1.54, 1.807) is 18.4 Å². The summed E-state index contributed by atoms with van der Waals surface area (Å²) < 4.78 is 6.35. The summed E-state index contributed by atoms with van der Waals surface area (Å²) in [5.41, 5.74) is 4.04. The van der Waals surface area contributed by atoms with Gasteiger partial charge in [-0.05, 0) is 54.3 Å². The lowest BCUT2D eigenvalue weighted by Gasteiger charge is -2.20. The maximum absolute atomic E-state index is 5.28. The van der Waals surface area contributed by atoms with E-state index in [9.17, 15) is 0 Å². The number of benzene rings is 2. The van der Waals surface area contributed by atoms with E-state index in [-0.39, 0.29) is 0 Å². The summed E-state index contributed by atoms with van der Waals surface area (Å²) in [7, 11) is 3.69. The fraction of sp³-hybridized carbons (Fsp3) is 0.143. The van der Waals surface area contributed by atoms with E-state index in [1.807, 2.05) is 61.8 Å². The van der Waals surface area contributed by atoms with Crippen molar-refractivity contribution in [3.8, 4) is 5.75 Å². The Balaban J connectivity index is 1.74. The van der Waals surface area contributed by atoms with Gasteiger partial charge in [0.15, 0.2) is 5.82 Å². The van der Waals surface area contributed by atoms with Crippen molar-refractivity contribution < 1.29 is 4.74 Å². The lowest BCUT2D eigenvalue weighted by atomic mass is 10.2. The normalized spacial score (nSPS) is 10.8. The van der Waals surface area contributed by atoms with Gasteiger partial charge in [-0.15, -0.1) is 11.3 Å². The molecule has 6 heteroatoms. The number of aromatic nitrogens is 2. The first-order valence-electron chi connectivity index (χ1n) is 8.61. The summed E-state index contributed by atoms with van der Waals surface area (Å²) >= 11 is 1.65. The van der Waals surface area contributed by atoms with Crippen LogP contribution in [-0.4, -0.2) is 24.1 Å². The fourth-order valence-electron chi connectivity index (χ4n) is 2.93. The maximum atomic E-state index is 5.28. The van der Waals surface area contributed by atoms with Gasteiger partial charge in [-0.3, -0.25) is 0 Å². The number of thiophene rings is 1. The van der Waals surface area contributed by atoms with Gasteiger partial charge in [-0.25, -0.2) is 4.98 Å². The van der Waals surface area contributed by atoms with Crippen molar-refractivity contribution in [3.63, 3.8) is 0 Å². The van der Waals surface area contributed by atoms with Gasteiger partial charge >= 0.3 is 0 Å². The van der Waals surface area contributed by atoms with Crippen LogP contribution in [0.2, 0.25) is 0 Å². The van der Waals surface area contributed by atoms with E-state index in [2.05, 4.69) is 27.3 Å². The molecule has 4 rings (SSSR count). The lowest BCUT2D eigenvalue weighted by molar-refractivity contribution is 0.414. The minimum absolute atomic E-state index is 0.576. The Hall–Kier alpha value is -3.12. The molecule has 0 aliphatic heterocycles. The van der Waals surface area contributed by atoms with Crippen LogP contribution in [0.5, 0.6) is 5.75 Å². The van der Waals surface area contributed by atoms with Crippen LogP contribution in [0.1, 0.15) is 5.56 Å². The van der Waals surface area contributed by atoms with Crippen molar-refractivity contribution in [2.24, 2.45) is 0 Å². The zero-order valence-corrected chi connectivity index (χ0v) is 16.2. The Morgan fingerprint density at radius 2 is 1.85 bits per heavy atom. The average molecular weight is 376 g/mol. The van der Waals surface area contributed by atoms with Crippen LogP contribution >= 0.6 is 11.3 Å². The van der Waals surface area contributed by atoms with Crippen molar-refractivity contribution >= 4 is 44.7 Å². The third-order valence-electron chi connectivity index (χ3n) is 4.43. The Bertz CT molecular complexity index is 1080. The first kappa shape index (κ1) is 17.3. The fourth-order valence-corrected chi connectivity index (χ4v) is 3.78. The molecule has 0 aliphatic rings. The number of aryl methyl sites for hydroxylation is 1. The summed E-state index contributed by atoms with van der Waals surface area (Å²) in [6.45, 7) is 2.03. The van der Waals surface area contributed by atoms with Crippen molar-refractivity contribution in [3.05, 3.63) is 65.5 Å². The monoisotopic (exact) mass is 376 g/mol. The second-order valence-corrected chi connectivity index (χ2v) is 7.12. The van der Waals surface area contributed by atoms with Gasteiger partial charge in [0, 0.05) is 18.4 Å². The highest BCUT2D eigenvalue weighted by atomic mass is 32.1. The molecule has 2 aromatic heterocycles. The molecule has 5 nitrogen and oxygen atoms in total. The lowest BCUT2D eigenvalue weighted by Crippen LogP contribution is -2.12. The van der Waals surface area contributed by atoms with Gasteiger partial charge < -0.3 is 15.0 Å². The van der Waals surface area contributed by atoms with Gasteiger partial charge in [-0.2, -0.15) is 4.98 Å². The molecule has 2 aromatic carbocycles. The zero-order valence-electron chi connectivity index (χ0n) is 15.4. The predicted molar refractivity (Wildman–Crippen MR) is 113 cm³/mol. The summed E-state index contributed by atoms with van der Waals surface area (Å²) in [5, 5.41) is 5.40. The van der Waals surface area contributed by atoms with Crippen LogP contribution in [0.15, 0.2) is 60.0 Å². The van der Waals surface area contributed by atoms with E-state index in [0.717, 1.165) is 38.7 Å². The number of nitrogens with one attached hydrogen (secondary N) is 1. The van der Waals surface area contributed by atoms with Crippen LogP contribution in [0.25, 0.3) is 10.2 Å². The quantitative estimate of drug-likeness (QED) is 0.497. The minimum Gasteiger partial charge on any atom is -0.497 e. The standard InChI is InChI=1S/C21H20N4OS/c1-14-13-16(26-3)9-10-17(14)22-21-23-18-11-12-27-19(18)20(24-21)25(2)15-7-5-4-6-8-15/h4-13H,1-3H3,(H,22,23,24). The molecule has 0 aliphatic carbocycles. The number of fused-ring (bicyclic) bond motifs is 1. The van der Waals surface area contributed by atoms with Crippen molar-refractivity contribution in [1.82, 2.24) is 9.97 Å². The molecule has 0 fully saturated rings. The first-order chi connectivity index (χ1) is 13.2. The second kappa shape index (κ2) is 7.25. The molecule has 0 atom stereocenters. The van der Waals surface area contributed by atoms with E-state index >= 15 is 0 Å². The molecule has 2 heterocycles. The maximum Gasteiger partial charge on any atom is 0.229 e. The molecular formula is C21H20N4OS. The molecule has 0 saturated heterocycles. The highest BCUT2D eigenvalue weighted by Crippen LogP contribution is 2.34. The van der Waals surface area contributed by atoms with Crippen LogP contribution in [-0.2, 0) is 0 Å². The van der Waals surface area contributed by atoms with Crippen molar-refractivity contribution in [2.75, 3.05) is 24.4 Å². The predicted octanol–water partition coefficient (Wildman–Crippen LogP) is 5.52. The summed E-state index contributed by atoms with van der Waals surface area (Å²) in [6, 6.07) is 18.1. The highest BCUT2D eigenvalue weighted by Gasteiger charge is 2.15. The number of ether oxygens (including phenoxy) is 1. The number of hydrogen-bond acceptors (Lipinski definition) is 6. The number of nitrogens with zero attached hydrogens (tertiary/aromatic N) is 3. The Kier molecular flexibility index (Phi) is 4.64. The summed E-state index contributed by atoms with van der Waals surface area (Å²) in [6.07, 6.45) is 0. The van der Waals surface area contributed by atoms with Crippen LogP contribution in [0, 0.1) is 6.92 Å². The average Bonchev–Trinajstić information content (AvgIpc) is 3.17. The third kappa shape index (κ3) is 3.44. The van der Waals surface area contributed by atoms with E-state index in [4.69, 9.17) is 9.72 Å². The number of hydrogen-bond donors (Lipinski definition) is 1. The molecule has 4 aromatic rings. The zero-order chi connectivity index (χ0) is 18.8. The molecule has 136 valence electrons. The largest absolute Gasteiger partial charge is 0.497 e. The van der Waals surface area contributed by atoms with Crippen LogP contribution < -0.4 is 15.0 Å². The molecule has 27 heavy (non-hydrogen) atoms. The molecule has 0 unspecified atom stereocenters. The van der Waals surface area contributed by atoms with E-state index < -0.39 is 0 Å². The minimum atomic E-state index is 0.576. The van der Waals surface area contributed by atoms with Gasteiger partial charge in [0.25, 0.3) is 0 Å². The SMILES string of the molecule is COc1ccc(Nc2nc(N(C)c3ccccc3)c3sccc3n2)c(C)c1. The van der Waals surface area contributed by atoms with Crippen LogP contribution in [0.4, 0.5) is 23.1 Å².